The van der Waals surface area contributed by atoms with Gasteiger partial charge in [-0.15, -0.1) is 0 Å². The van der Waals surface area contributed by atoms with Crippen molar-refractivity contribution in [3.05, 3.63) is 23.3 Å². The summed E-state index contributed by atoms with van der Waals surface area (Å²) in [6, 6.07) is 0. The van der Waals surface area contributed by atoms with Gasteiger partial charge in [0.15, 0.2) is 0 Å². The zero-order valence-corrected chi connectivity index (χ0v) is 8.75. The van der Waals surface area contributed by atoms with Crippen molar-refractivity contribution in [3.8, 4) is 0 Å². The van der Waals surface area contributed by atoms with Gasteiger partial charge in [-0.1, -0.05) is 12.2 Å². The van der Waals surface area contributed by atoms with E-state index in [0.29, 0.717) is 0 Å². The molecule has 0 saturated heterocycles. The van der Waals surface area contributed by atoms with E-state index in [1.54, 1.807) is 0 Å². The van der Waals surface area contributed by atoms with Crippen LogP contribution in [-0.2, 0) is 9.53 Å². The molecular formula is C10H11F3N2O2. The number of amides is 1. The number of ether oxygens (including phenoxy) is 1. The van der Waals surface area contributed by atoms with Crippen molar-refractivity contribution in [2.75, 3.05) is 13.1 Å². The Morgan fingerprint density at radius 1 is 1.41 bits per heavy atom. The summed E-state index contributed by atoms with van der Waals surface area (Å²) in [5, 5.41) is 2.33. The van der Waals surface area contributed by atoms with Gasteiger partial charge in [-0.3, -0.25) is 4.79 Å². The lowest BCUT2D eigenvalue weighted by Gasteiger charge is -2.15. The smallest absolute Gasteiger partial charge is 0.357 e. The standard InChI is InChI=1S/C10H11F3N2O2/c11-10(12,13)8-6-2-1-5(17-6)7(8)9(16)15-4-3-14/h1-2,5-6H,3-4,14H2,(H,15,16)/t5-,6+/m0/s1. The van der Waals surface area contributed by atoms with Gasteiger partial charge in [0.05, 0.1) is 11.1 Å². The van der Waals surface area contributed by atoms with Crippen LogP contribution in [0.15, 0.2) is 23.3 Å². The lowest BCUT2D eigenvalue weighted by Crippen LogP contribution is -2.34. The van der Waals surface area contributed by atoms with Crippen LogP contribution in [-0.4, -0.2) is 37.4 Å². The number of alkyl halides is 3. The fraction of sp³-hybridized carbons (Fsp3) is 0.500. The highest BCUT2D eigenvalue weighted by Gasteiger charge is 2.51. The highest BCUT2D eigenvalue weighted by molar-refractivity contribution is 5.97. The van der Waals surface area contributed by atoms with Gasteiger partial charge in [0.25, 0.3) is 5.91 Å². The van der Waals surface area contributed by atoms with Crippen molar-refractivity contribution in [2.24, 2.45) is 5.73 Å². The van der Waals surface area contributed by atoms with Gasteiger partial charge in [-0.25, -0.2) is 0 Å². The summed E-state index contributed by atoms with van der Waals surface area (Å²) >= 11 is 0. The van der Waals surface area contributed by atoms with Gasteiger partial charge in [-0.05, 0) is 0 Å². The second-order valence-corrected chi connectivity index (χ2v) is 3.73. The van der Waals surface area contributed by atoms with Gasteiger partial charge >= 0.3 is 6.18 Å². The van der Waals surface area contributed by atoms with Crippen LogP contribution in [0, 0.1) is 0 Å². The summed E-state index contributed by atoms with van der Waals surface area (Å²) in [7, 11) is 0. The van der Waals surface area contributed by atoms with Crippen LogP contribution in [0.1, 0.15) is 0 Å². The Morgan fingerprint density at radius 2 is 2.06 bits per heavy atom. The number of fused-ring (bicyclic) bond motifs is 2. The van der Waals surface area contributed by atoms with Crippen LogP contribution in [0.4, 0.5) is 13.2 Å². The van der Waals surface area contributed by atoms with Crippen molar-refractivity contribution in [2.45, 2.75) is 18.4 Å². The van der Waals surface area contributed by atoms with Crippen molar-refractivity contribution in [1.82, 2.24) is 5.32 Å². The monoisotopic (exact) mass is 248 g/mol. The number of carbonyl (C=O) groups is 1. The largest absolute Gasteiger partial charge is 0.416 e. The summed E-state index contributed by atoms with van der Waals surface area (Å²) in [4.78, 5) is 11.6. The molecular weight excluding hydrogens is 237 g/mol. The third-order valence-electron chi connectivity index (χ3n) is 2.59. The average Bonchev–Trinajstić information content (AvgIpc) is 2.83. The van der Waals surface area contributed by atoms with Crippen LogP contribution in [0.25, 0.3) is 0 Å². The Morgan fingerprint density at radius 3 is 2.65 bits per heavy atom. The van der Waals surface area contributed by atoms with Crippen LogP contribution in [0.5, 0.6) is 0 Å². The van der Waals surface area contributed by atoms with Crippen molar-refractivity contribution in [3.63, 3.8) is 0 Å². The number of nitrogens with two attached hydrogens (primary N) is 1. The molecule has 0 saturated carbocycles. The molecule has 0 fully saturated rings. The van der Waals surface area contributed by atoms with E-state index in [1.165, 1.54) is 12.2 Å². The van der Waals surface area contributed by atoms with Gasteiger partial charge in [-0.2, -0.15) is 13.2 Å². The minimum atomic E-state index is -4.56. The molecule has 7 heteroatoms. The summed E-state index contributed by atoms with van der Waals surface area (Å²) in [6.07, 6.45) is -3.84. The summed E-state index contributed by atoms with van der Waals surface area (Å²) < 4.78 is 43.4. The molecule has 0 radical (unpaired) electrons. The van der Waals surface area contributed by atoms with E-state index in [9.17, 15) is 18.0 Å². The van der Waals surface area contributed by atoms with Gasteiger partial charge in [0, 0.05) is 13.1 Å². The Balaban J connectivity index is 2.28. The van der Waals surface area contributed by atoms with Crippen molar-refractivity contribution >= 4 is 5.91 Å². The first-order chi connectivity index (χ1) is 7.95. The van der Waals surface area contributed by atoms with E-state index in [4.69, 9.17) is 10.5 Å². The predicted molar refractivity (Wildman–Crippen MR) is 52.9 cm³/mol. The minimum Gasteiger partial charge on any atom is -0.357 e. The second kappa shape index (κ2) is 4.15. The quantitative estimate of drug-likeness (QED) is 0.704. The number of hydrogen-bond donors (Lipinski definition) is 2. The number of nitrogens with one attached hydrogen (secondary N) is 1. The second-order valence-electron chi connectivity index (χ2n) is 3.73. The number of rotatable bonds is 3. The number of hydrogen-bond acceptors (Lipinski definition) is 3. The molecule has 0 aromatic heterocycles. The Labute approximate surface area is 95.3 Å². The Kier molecular flexibility index (Phi) is 2.96. The Bertz CT molecular complexity index is 401. The van der Waals surface area contributed by atoms with Crippen LogP contribution in [0.2, 0.25) is 0 Å². The molecule has 2 aliphatic heterocycles. The van der Waals surface area contributed by atoms with E-state index in [1.807, 2.05) is 0 Å². The van der Waals surface area contributed by atoms with E-state index >= 15 is 0 Å². The van der Waals surface area contributed by atoms with Gasteiger partial charge in [0.1, 0.15) is 12.2 Å². The van der Waals surface area contributed by atoms with Crippen LogP contribution < -0.4 is 11.1 Å². The molecule has 0 aliphatic carbocycles. The molecule has 17 heavy (non-hydrogen) atoms. The average molecular weight is 248 g/mol. The SMILES string of the molecule is NCCNC(=O)C1=C(C(F)(F)F)[C@H]2C=C[C@@H]1O2. The van der Waals surface area contributed by atoms with E-state index in [0.717, 1.165) is 0 Å². The third kappa shape index (κ3) is 2.07. The molecule has 94 valence electrons. The van der Waals surface area contributed by atoms with E-state index in [-0.39, 0.29) is 18.7 Å². The molecule has 2 bridgehead atoms. The third-order valence-corrected chi connectivity index (χ3v) is 2.59. The predicted octanol–water partition coefficient (Wildman–Crippen LogP) is 0.257. The minimum absolute atomic E-state index is 0.134. The van der Waals surface area contributed by atoms with Gasteiger partial charge in [0.2, 0.25) is 0 Å². The van der Waals surface area contributed by atoms with E-state index in [2.05, 4.69) is 5.32 Å². The summed E-state index contributed by atoms with van der Waals surface area (Å²) in [5.74, 6) is -0.764. The zero-order valence-electron chi connectivity index (χ0n) is 8.75. The maximum atomic E-state index is 12.8. The number of halogens is 3. The maximum absolute atomic E-state index is 12.8. The normalized spacial score (nSPS) is 26.8. The lowest BCUT2D eigenvalue weighted by atomic mass is 9.96. The first-order valence-corrected chi connectivity index (χ1v) is 5.08. The molecule has 0 unspecified atom stereocenters. The highest BCUT2D eigenvalue weighted by Crippen LogP contribution is 2.43. The molecule has 0 aromatic rings. The topological polar surface area (TPSA) is 64.3 Å². The molecule has 2 aliphatic rings. The summed E-state index contributed by atoms with van der Waals surface area (Å²) in [6.45, 7) is 0.305. The first-order valence-electron chi connectivity index (χ1n) is 5.08. The Hall–Kier alpha value is -1.34. The molecule has 2 heterocycles. The van der Waals surface area contributed by atoms with E-state index < -0.39 is 29.9 Å². The molecule has 0 aromatic carbocycles. The van der Waals surface area contributed by atoms with Gasteiger partial charge < -0.3 is 15.8 Å². The highest BCUT2D eigenvalue weighted by atomic mass is 19.4. The molecule has 2 atom stereocenters. The fourth-order valence-electron chi connectivity index (χ4n) is 1.93. The number of carbonyl (C=O) groups excluding carboxylic acids is 1. The molecule has 4 nitrogen and oxygen atoms in total. The lowest BCUT2D eigenvalue weighted by molar-refractivity contribution is -0.119. The maximum Gasteiger partial charge on any atom is 0.416 e. The molecule has 1 amide bonds. The first kappa shape index (κ1) is 12.1. The molecule has 2 rings (SSSR count). The molecule has 3 N–H and O–H groups in total. The van der Waals surface area contributed by atoms with Crippen LogP contribution in [0.3, 0.4) is 0 Å². The zero-order chi connectivity index (χ0) is 12.6. The summed E-state index contributed by atoms with van der Waals surface area (Å²) in [5.41, 5.74) is 3.92. The van der Waals surface area contributed by atoms with Crippen molar-refractivity contribution < 1.29 is 22.7 Å². The fourth-order valence-corrected chi connectivity index (χ4v) is 1.93. The van der Waals surface area contributed by atoms with Crippen LogP contribution >= 0.6 is 0 Å². The molecule has 0 spiro atoms. The van der Waals surface area contributed by atoms with Crippen molar-refractivity contribution in [1.29, 1.82) is 0 Å².